The molecule has 1 saturated heterocycles. The molecule has 2 rings (SSSR count). The third-order valence-electron chi connectivity index (χ3n) is 3.54. The zero-order valence-electron chi connectivity index (χ0n) is 12.0. The van der Waals surface area contributed by atoms with Crippen LogP contribution in [0.1, 0.15) is 24.3 Å². The van der Waals surface area contributed by atoms with Crippen molar-refractivity contribution in [1.82, 2.24) is 10.6 Å². The summed E-state index contributed by atoms with van der Waals surface area (Å²) in [5.74, 6) is -0.852. The molecule has 1 aliphatic rings. The monoisotopic (exact) mass is 312 g/mol. The van der Waals surface area contributed by atoms with Crippen molar-refractivity contribution >= 4 is 24.3 Å². The van der Waals surface area contributed by atoms with E-state index in [1.54, 1.807) is 0 Å². The van der Waals surface area contributed by atoms with Crippen molar-refractivity contribution in [2.45, 2.75) is 24.8 Å². The van der Waals surface area contributed by atoms with Crippen molar-refractivity contribution in [3.63, 3.8) is 0 Å². The van der Waals surface area contributed by atoms with E-state index in [2.05, 4.69) is 10.6 Å². The van der Waals surface area contributed by atoms with Crippen LogP contribution in [0.5, 0.6) is 0 Å². The maximum absolute atomic E-state index is 12.0. The number of carbonyl (C=O) groups excluding carboxylic acids is 2. The predicted molar refractivity (Wildman–Crippen MR) is 82.5 cm³/mol. The fraction of sp³-hybridized carbons (Fsp3) is 0.467. The number of amides is 1. The van der Waals surface area contributed by atoms with Crippen LogP contribution in [0.25, 0.3) is 0 Å². The summed E-state index contributed by atoms with van der Waals surface area (Å²) in [6, 6.07) is 9.21. The summed E-state index contributed by atoms with van der Waals surface area (Å²) in [7, 11) is 1.36. The van der Waals surface area contributed by atoms with Crippen LogP contribution in [-0.4, -0.2) is 38.1 Å². The van der Waals surface area contributed by atoms with Gasteiger partial charge in [-0.25, -0.2) is 0 Å². The number of methoxy groups -OCH3 is 1. The lowest BCUT2D eigenvalue weighted by Crippen LogP contribution is -2.42. The van der Waals surface area contributed by atoms with Gasteiger partial charge < -0.3 is 15.4 Å². The largest absolute Gasteiger partial charge is 0.468 e. The molecule has 1 amide bonds. The Morgan fingerprint density at radius 3 is 2.67 bits per heavy atom. The van der Waals surface area contributed by atoms with E-state index in [0.717, 1.165) is 24.9 Å². The van der Waals surface area contributed by atoms with Crippen LogP contribution in [0.3, 0.4) is 0 Å². The summed E-state index contributed by atoms with van der Waals surface area (Å²) in [6.45, 7) is 1.13. The van der Waals surface area contributed by atoms with E-state index in [1.807, 2.05) is 30.3 Å². The number of nitrogens with one attached hydrogen (secondary N) is 2. The third-order valence-corrected chi connectivity index (χ3v) is 3.54. The van der Waals surface area contributed by atoms with Gasteiger partial charge in [-0.2, -0.15) is 0 Å². The van der Waals surface area contributed by atoms with Crippen molar-refractivity contribution in [2.24, 2.45) is 0 Å². The summed E-state index contributed by atoms with van der Waals surface area (Å²) in [4.78, 5) is 23.8. The average Bonchev–Trinajstić information content (AvgIpc) is 3.02. The van der Waals surface area contributed by atoms with Crippen molar-refractivity contribution in [1.29, 1.82) is 0 Å². The Bertz CT molecular complexity index is 461. The Morgan fingerprint density at radius 1 is 1.38 bits per heavy atom. The van der Waals surface area contributed by atoms with Gasteiger partial charge in [0.1, 0.15) is 0 Å². The first-order valence-corrected chi connectivity index (χ1v) is 6.86. The van der Waals surface area contributed by atoms with E-state index in [0.29, 0.717) is 0 Å². The lowest BCUT2D eigenvalue weighted by molar-refractivity contribution is -0.142. The van der Waals surface area contributed by atoms with Gasteiger partial charge in [0.05, 0.1) is 19.1 Å². The molecule has 1 aromatic rings. The highest BCUT2D eigenvalue weighted by molar-refractivity contribution is 5.85. The third kappa shape index (κ3) is 4.72. The first kappa shape index (κ1) is 17.5. The highest BCUT2D eigenvalue weighted by Crippen LogP contribution is 2.16. The molecule has 1 aromatic carbocycles. The summed E-state index contributed by atoms with van der Waals surface area (Å²) in [6.07, 6.45) is 1.86. The number of hydrogen-bond acceptors (Lipinski definition) is 4. The zero-order chi connectivity index (χ0) is 14.4. The Hall–Kier alpha value is -1.59. The molecule has 0 saturated carbocycles. The molecule has 0 aromatic heterocycles. The van der Waals surface area contributed by atoms with Crippen LogP contribution in [0.15, 0.2) is 30.3 Å². The summed E-state index contributed by atoms with van der Waals surface area (Å²) < 4.78 is 4.82. The normalized spacial score (nSPS) is 18.4. The first-order chi connectivity index (χ1) is 9.72. The molecule has 5 nitrogen and oxygen atoms in total. The summed E-state index contributed by atoms with van der Waals surface area (Å²) in [5.41, 5.74) is 0.846. The quantitative estimate of drug-likeness (QED) is 0.803. The minimum Gasteiger partial charge on any atom is -0.468 e. The van der Waals surface area contributed by atoms with Gasteiger partial charge in [-0.05, 0) is 24.9 Å². The van der Waals surface area contributed by atoms with E-state index in [4.69, 9.17) is 4.74 Å². The van der Waals surface area contributed by atoms with Crippen molar-refractivity contribution in [3.8, 4) is 0 Å². The van der Waals surface area contributed by atoms with Gasteiger partial charge in [-0.1, -0.05) is 30.3 Å². The number of carbonyl (C=O) groups is 2. The molecule has 0 aliphatic carbocycles. The zero-order valence-corrected chi connectivity index (χ0v) is 12.8. The van der Waals surface area contributed by atoms with Crippen molar-refractivity contribution in [2.75, 3.05) is 20.2 Å². The fourth-order valence-corrected chi connectivity index (χ4v) is 2.40. The lowest BCUT2D eigenvalue weighted by atomic mass is 9.99. The summed E-state index contributed by atoms with van der Waals surface area (Å²) in [5, 5.41) is 5.97. The van der Waals surface area contributed by atoms with Gasteiger partial charge in [-0.3, -0.25) is 9.59 Å². The molecule has 1 fully saturated rings. The summed E-state index contributed by atoms with van der Waals surface area (Å²) >= 11 is 0. The van der Waals surface area contributed by atoms with Gasteiger partial charge in [-0.15, -0.1) is 12.4 Å². The fourth-order valence-electron chi connectivity index (χ4n) is 2.40. The number of esters is 1. The second-order valence-electron chi connectivity index (χ2n) is 4.88. The number of benzene rings is 1. The van der Waals surface area contributed by atoms with Crippen LogP contribution in [0.4, 0.5) is 0 Å². The Labute approximate surface area is 130 Å². The average molecular weight is 313 g/mol. The topological polar surface area (TPSA) is 67.4 Å². The molecule has 0 spiro atoms. The minimum absolute atomic E-state index is 0. The van der Waals surface area contributed by atoms with E-state index in [9.17, 15) is 9.59 Å². The second kappa shape index (κ2) is 8.64. The molecule has 1 aliphatic heterocycles. The van der Waals surface area contributed by atoms with E-state index < -0.39 is 5.92 Å². The van der Waals surface area contributed by atoms with Crippen LogP contribution >= 0.6 is 12.4 Å². The molecular formula is C15H21ClN2O3. The molecule has 1 heterocycles. The molecule has 2 unspecified atom stereocenters. The second-order valence-corrected chi connectivity index (χ2v) is 4.88. The molecule has 6 heteroatoms. The highest BCUT2D eigenvalue weighted by atomic mass is 35.5. The molecule has 116 valence electrons. The smallest absolute Gasteiger partial charge is 0.314 e. The highest BCUT2D eigenvalue weighted by Gasteiger charge is 2.25. The lowest BCUT2D eigenvalue weighted by Gasteiger charge is -2.17. The minimum atomic E-state index is -0.466. The van der Waals surface area contributed by atoms with Crippen molar-refractivity contribution < 1.29 is 14.3 Å². The molecular weight excluding hydrogens is 292 g/mol. The van der Waals surface area contributed by atoms with E-state index in [-0.39, 0.29) is 36.9 Å². The van der Waals surface area contributed by atoms with Gasteiger partial charge in [0, 0.05) is 6.54 Å². The van der Waals surface area contributed by atoms with Gasteiger partial charge in [0.15, 0.2) is 0 Å². The van der Waals surface area contributed by atoms with E-state index in [1.165, 1.54) is 7.11 Å². The Morgan fingerprint density at radius 2 is 2.10 bits per heavy atom. The Balaban J connectivity index is 0.00000220. The maximum atomic E-state index is 12.0. The van der Waals surface area contributed by atoms with Gasteiger partial charge in [0.2, 0.25) is 5.91 Å². The molecule has 2 atom stereocenters. The molecule has 2 N–H and O–H groups in total. The van der Waals surface area contributed by atoms with Crippen LogP contribution in [0.2, 0.25) is 0 Å². The number of rotatable bonds is 5. The Kier molecular flexibility index (Phi) is 7.19. The van der Waals surface area contributed by atoms with Gasteiger partial charge in [0.25, 0.3) is 0 Å². The SMILES string of the molecule is COC(=O)C(CNC(=O)C1CCCN1)c1ccccc1.Cl. The predicted octanol–water partition coefficient (Wildman–Crippen LogP) is 1.23. The molecule has 0 radical (unpaired) electrons. The van der Waals surface area contributed by atoms with Crippen LogP contribution in [0, 0.1) is 0 Å². The number of halogens is 1. The van der Waals surface area contributed by atoms with Crippen molar-refractivity contribution in [3.05, 3.63) is 35.9 Å². The van der Waals surface area contributed by atoms with Gasteiger partial charge >= 0.3 is 5.97 Å². The maximum Gasteiger partial charge on any atom is 0.314 e. The number of ether oxygens (including phenoxy) is 1. The van der Waals surface area contributed by atoms with Crippen LogP contribution < -0.4 is 10.6 Å². The standard InChI is InChI=1S/C15H20N2O3.ClH/c1-20-15(19)12(11-6-3-2-4-7-11)10-17-14(18)13-8-5-9-16-13;/h2-4,6-7,12-13,16H,5,8-10H2,1H3,(H,17,18);1H. The first-order valence-electron chi connectivity index (χ1n) is 6.86. The van der Waals surface area contributed by atoms with E-state index >= 15 is 0 Å². The molecule has 21 heavy (non-hydrogen) atoms. The van der Waals surface area contributed by atoms with Crippen LogP contribution in [-0.2, 0) is 14.3 Å². The number of hydrogen-bond donors (Lipinski definition) is 2. The molecule has 0 bridgehead atoms.